The van der Waals surface area contributed by atoms with Crippen molar-refractivity contribution in [3.63, 3.8) is 0 Å². The Balaban J connectivity index is 2.84. The third kappa shape index (κ3) is 3.90. The summed E-state index contributed by atoms with van der Waals surface area (Å²) in [6.45, 7) is 3.33. The summed E-state index contributed by atoms with van der Waals surface area (Å²) in [6.07, 6.45) is 0.468. The topological polar surface area (TPSA) is 52.6 Å². The number of hydrogen-bond donors (Lipinski definition) is 2. The summed E-state index contributed by atoms with van der Waals surface area (Å²) >= 11 is 0. The summed E-state index contributed by atoms with van der Waals surface area (Å²) in [5.41, 5.74) is 0.243. The highest BCUT2D eigenvalue weighted by Gasteiger charge is 2.21. The molecule has 0 aliphatic heterocycles. The third-order valence-electron chi connectivity index (χ3n) is 3.29. The SMILES string of the molecule is CCC(NC(=O)N(C)C(C)CO)c1ccc(F)cc1F. The predicted molar refractivity (Wildman–Crippen MR) is 72.2 cm³/mol. The summed E-state index contributed by atoms with van der Waals surface area (Å²) in [7, 11) is 1.55. The van der Waals surface area contributed by atoms with E-state index in [9.17, 15) is 13.6 Å². The lowest BCUT2D eigenvalue weighted by molar-refractivity contribution is 0.154. The normalized spacial score (nSPS) is 13.7. The second-order valence-corrected chi connectivity index (χ2v) is 4.72. The number of aliphatic hydroxyl groups is 1. The van der Waals surface area contributed by atoms with Crippen molar-refractivity contribution in [1.82, 2.24) is 10.2 Å². The summed E-state index contributed by atoms with van der Waals surface area (Å²) in [4.78, 5) is 13.3. The number of carbonyl (C=O) groups is 1. The van der Waals surface area contributed by atoms with Gasteiger partial charge in [0.15, 0.2) is 0 Å². The average Bonchev–Trinajstić information content (AvgIpc) is 2.43. The van der Waals surface area contributed by atoms with Gasteiger partial charge in [-0.05, 0) is 19.4 Å². The van der Waals surface area contributed by atoms with Crippen LogP contribution >= 0.6 is 0 Å². The molecule has 1 rings (SSSR count). The number of hydrogen-bond acceptors (Lipinski definition) is 2. The maximum Gasteiger partial charge on any atom is 0.317 e. The molecule has 1 aromatic rings. The molecule has 2 atom stereocenters. The molecule has 2 amide bonds. The number of rotatable bonds is 5. The zero-order chi connectivity index (χ0) is 15.3. The van der Waals surface area contributed by atoms with Crippen molar-refractivity contribution in [2.24, 2.45) is 0 Å². The second-order valence-electron chi connectivity index (χ2n) is 4.72. The molecule has 0 fully saturated rings. The highest BCUT2D eigenvalue weighted by Crippen LogP contribution is 2.21. The highest BCUT2D eigenvalue weighted by molar-refractivity contribution is 5.74. The molecule has 1 aromatic carbocycles. The lowest BCUT2D eigenvalue weighted by atomic mass is 10.0. The van der Waals surface area contributed by atoms with Crippen LogP contribution in [0.2, 0.25) is 0 Å². The monoisotopic (exact) mass is 286 g/mol. The van der Waals surface area contributed by atoms with Crippen LogP contribution in [0.25, 0.3) is 0 Å². The molecule has 0 aliphatic carbocycles. The molecule has 0 heterocycles. The smallest absolute Gasteiger partial charge is 0.317 e. The Kier molecular flexibility index (Phi) is 5.88. The lowest BCUT2D eigenvalue weighted by Crippen LogP contribution is -2.45. The van der Waals surface area contributed by atoms with E-state index in [0.29, 0.717) is 6.42 Å². The van der Waals surface area contributed by atoms with Gasteiger partial charge in [-0.3, -0.25) is 0 Å². The largest absolute Gasteiger partial charge is 0.394 e. The molecule has 112 valence electrons. The first-order chi connectivity index (χ1) is 9.40. The van der Waals surface area contributed by atoms with E-state index in [2.05, 4.69) is 5.32 Å². The predicted octanol–water partition coefficient (Wildman–Crippen LogP) is 2.44. The molecule has 0 aliphatic rings. The molecule has 6 heteroatoms. The molecule has 2 unspecified atom stereocenters. The number of nitrogens with one attached hydrogen (secondary N) is 1. The molecule has 0 bridgehead atoms. The molecule has 2 N–H and O–H groups in total. The van der Waals surface area contributed by atoms with Crippen molar-refractivity contribution in [3.8, 4) is 0 Å². The number of likely N-dealkylation sites (N-methyl/N-ethyl adjacent to an activating group) is 1. The van der Waals surface area contributed by atoms with Crippen LogP contribution in [0, 0.1) is 11.6 Å². The van der Waals surface area contributed by atoms with E-state index < -0.39 is 23.7 Å². The first-order valence-corrected chi connectivity index (χ1v) is 6.49. The van der Waals surface area contributed by atoms with Gasteiger partial charge in [0.05, 0.1) is 18.7 Å². The van der Waals surface area contributed by atoms with Gasteiger partial charge in [-0.2, -0.15) is 0 Å². The van der Waals surface area contributed by atoms with Gasteiger partial charge in [-0.1, -0.05) is 13.0 Å². The number of amides is 2. The minimum absolute atomic E-state index is 0.161. The molecule has 0 saturated heterocycles. The van der Waals surface area contributed by atoms with E-state index in [1.807, 2.05) is 0 Å². The van der Waals surface area contributed by atoms with Crippen molar-refractivity contribution in [3.05, 3.63) is 35.4 Å². The van der Waals surface area contributed by atoms with Gasteiger partial charge in [0.25, 0.3) is 0 Å². The molecular formula is C14H20F2N2O2. The maximum absolute atomic E-state index is 13.7. The van der Waals surface area contributed by atoms with Crippen LogP contribution < -0.4 is 5.32 Å². The Hall–Kier alpha value is -1.69. The minimum Gasteiger partial charge on any atom is -0.394 e. The van der Waals surface area contributed by atoms with Crippen LogP contribution in [-0.2, 0) is 0 Å². The van der Waals surface area contributed by atoms with Crippen LogP contribution in [0.15, 0.2) is 18.2 Å². The average molecular weight is 286 g/mol. The van der Waals surface area contributed by atoms with Crippen LogP contribution in [0.3, 0.4) is 0 Å². The Morgan fingerprint density at radius 1 is 1.45 bits per heavy atom. The van der Waals surface area contributed by atoms with Crippen LogP contribution in [-0.4, -0.2) is 35.7 Å². The first-order valence-electron chi connectivity index (χ1n) is 6.49. The van der Waals surface area contributed by atoms with E-state index in [1.54, 1.807) is 20.9 Å². The lowest BCUT2D eigenvalue weighted by Gasteiger charge is -2.27. The molecule has 0 spiro atoms. The zero-order valence-electron chi connectivity index (χ0n) is 11.9. The van der Waals surface area contributed by atoms with Gasteiger partial charge in [-0.15, -0.1) is 0 Å². The standard InChI is InChI=1S/C14H20F2N2O2/c1-4-13(11-6-5-10(15)7-12(11)16)17-14(20)18(3)9(2)8-19/h5-7,9,13,19H,4,8H2,1-3H3,(H,17,20). The zero-order valence-corrected chi connectivity index (χ0v) is 11.9. The van der Waals surface area contributed by atoms with Gasteiger partial charge in [-0.25, -0.2) is 13.6 Å². The summed E-state index contributed by atoms with van der Waals surface area (Å²) in [5, 5.41) is 11.7. The number of urea groups is 1. The fraction of sp³-hybridized carbons (Fsp3) is 0.500. The summed E-state index contributed by atoms with van der Waals surface area (Å²) < 4.78 is 26.6. The quantitative estimate of drug-likeness (QED) is 0.873. The van der Waals surface area contributed by atoms with E-state index in [-0.39, 0.29) is 18.2 Å². The van der Waals surface area contributed by atoms with E-state index in [0.717, 1.165) is 12.1 Å². The van der Waals surface area contributed by atoms with Gasteiger partial charge < -0.3 is 15.3 Å². The van der Waals surface area contributed by atoms with Gasteiger partial charge in [0, 0.05) is 18.7 Å². The van der Waals surface area contributed by atoms with E-state index in [4.69, 9.17) is 5.11 Å². The molecule has 0 aromatic heterocycles. The van der Waals surface area contributed by atoms with Crippen molar-refractivity contribution in [2.45, 2.75) is 32.4 Å². The number of nitrogens with zero attached hydrogens (tertiary/aromatic N) is 1. The van der Waals surface area contributed by atoms with Crippen molar-refractivity contribution in [1.29, 1.82) is 0 Å². The van der Waals surface area contributed by atoms with Gasteiger partial charge in [0.1, 0.15) is 11.6 Å². The Labute approximate surface area is 117 Å². The Morgan fingerprint density at radius 2 is 2.10 bits per heavy atom. The number of carbonyl (C=O) groups excluding carboxylic acids is 1. The first kappa shape index (κ1) is 16.4. The van der Waals surface area contributed by atoms with E-state index >= 15 is 0 Å². The number of aliphatic hydroxyl groups excluding tert-OH is 1. The van der Waals surface area contributed by atoms with Crippen molar-refractivity contribution >= 4 is 6.03 Å². The fourth-order valence-electron chi connectivity index (χ4n) is 1.76. The minimum atomic E-state index is -0.685. The molecule has 0 saturated carbocycles. The molecule has 0 radical (unpaired) electrons. The van der Waals surface area contributed by atoms with Crippen LogP contribution in [0.1, 0.15) is 31.9 Å². The number of halogens is 2. The van der Waals surface area contributed by atoms with Crippen LogP contribution in [0.4, 0.5) is 13.6 Å². The van der Waals surface area contributed by atoms with Gasteiger partial charge in [0.2, 0.25) is 0 Å². The van der Waals surface area contributed by atoms with Crippen molar-refractivity contribution < 1.29 is 18.7 Å². The molecule has 4 nitrogen and oxygen atoms in total. The second kappa shape index (κ2) is 7.19. The fourth-order valence-corrected chi connectivity index (χ4v) is 1.76. The van der Waals surface area contributed by atoms with Gasteiger partial charge >= 0.3 is 6.03 Å². The highest BCUT2D eigenvalue weighted by atomic mass is 19.1. The Morgan fingerprint density at radius 3 is 2.60 bits per heavy atom. The number of benzene rings is 1. The maximum atomic E-state index is 13.7. The summed E-state index contributed by atoms with van der Waals surface area (Å²) in [6, 6.07) is 1.98. The summed E-state index contributed by atoms with van der Waals surface area (Å²) in [5.74, 6) is -1.34. The molecule has 20 heavy (non-hydrogen) atoms. The molecular weight excluding hydrogens is 266 g/mol. The van der Waals surface area contributed by atoms with Crippen molar-refractivity contribution in [2.75, 3.05) is 13.7 Å². The Bertz CT molecular complexity index is 468. The third-order valence-corrected chi connectivity index (χ3v) is 3.29. The van der Waals surface area contributed by atoms with E-state index in [1.165, 1.54) is 11.0 Å². The van der Waals surface area contributed by atoms with Crippen LogP contribution in [0.5, 0.6) is 0 Å².